The number of anilines is 1. The van der Waals surface area contributed by atoms with E-state index in [9.17, 15) is 8.42 Å². The minimum atomic E-state index is -3.63. The number of hydrogen-bond acceptors (Lipinski definition) is 4. The Labute approximate surface area is 136 Å². The third kappa shape index (κ3) is 3.27. The van der Waals surface area contributed by atoms with Gasteiger partial charge in [-0.1, -0.05) is 31.0 Å². The summed E-state index contributed by atoms with van der Waals surface area (Å²) in [6, 6.07) is 10.3. The van der Waals surface area contributed by atoms with E-state index >= 15 is 0 Å². The fourth-order valence-corrected chi connectivity index (χ4v) is 3.57. The van der Waals surface area contributed by atoms with Crippen LogP contribution in [-0.4, -0.2) is 15.2 Å². The zero-order valence-electron chi connectivity index (χ0n) is 13.1. The van der Waals surface area contributed by atoms with Crippen molar-refractivity contribution in [1.82, 2.24) is 0 Å². The van der Waals surface area contributed by atoms with Crippen LogP contribution in [0.2, 0.25) is 0 Å². The fourth-order valence-electron chi connectivity index (χ4n) is 2.48. The molecule has 1 N–H and O–H groups in total. The van der Waals surface area contributed by atoms with Crippen molar-refractivity contribution in [3.05, 3.63) is 47.5 Å². The first-order chi connectivity index (χ1) is 11.0. The standard InChI is InChI=1S/C17H19NO4S/c1-3-4-13-9-16-17(22-11-21-16)10-15(13)18-23(19,20)14-7-5-12(2)6-8-14/h5-10,18H,3-4,11H2,1-2H3. The van der Waals surface area contributed by atoms with E-state index in [-0.39, 0.29) is 11.7 Å². The quantitative estimate of drug-likeness (QED) is 0.910. The first kappa shape index (κ1) is 15.7. The molecule has 5 nitrogen and oxygen atoms in total. The molecule has 6 heteroatoms. The summed E-state index contributed by atoms with van der Waals surface area (Å²) in [6.45, 7) is 4.12. The van der Waals surface area contributed by atoms with Crippen molar-refractivity contribution in [2.75, 3.05) is 11.5 Å². The molecular weight excluding hydrogens is 314 g/mol. The van der Waals surface area contributed by atoms with Gasteiger partial charge < -0.3 is 9.47 Å². The Morgan fingerprint density at radius 3 is 2.39 bits per heavy atom. The molecule has 0 atom stereocenters. The normalized spacial score (nSPS) is 13.1. The number of nitrogens with one attached hydrogen (secondary N) is 1. The summed E-state index contributed by atoms with van der Waals surface area (Å²) in [4.78, 5) is 0.239. The zero-order chi connectivity index (χ0) is 16.4. The average Bonchev–Trinajstić information content (AvgIpc) is 2.95. The molecule has 1 aliphatic rings. The largest absolute Gasteiger partial charge is 0.454 e. The van der Waals surface area contributed by atoms with Crippen LogP contribution in [0, 0.1) is 6.92 Å². The molecule has 0 saturated carbocycles. The molecular formula is C17H19NO4S. The highest BCUT2D eigenvalue weighted by Crippen LogP contribution is 2.38. The summed E-state index contributed by atoms with van der Waals surface area (Å²) in [7, 11) is -3.63. The smallest absolute Gasteiger partial charge is 0.261 e. The van der Waals surface area contributed by atoms with Gasteiger partial charge in [-0.25, -0.2) is 8.42 Å². The number of benzene rings is 2. The summed E-state index contributed by atoms with van der Waals surface area (Å²) in [5.74, 6) is 1.22. The summed E-state index contributed by atoms with van der Waals surface area (Å²) in [6.07, 6.45) is 1.65. The number of ether oxygens (including phenoxy) is 2. The lowest BCUT2D eigenvalue weighted by molar-refractivity contribution is 0.174. The summed E-state index contributed by atoms with van der Waals surface area (Å²) in [5, 5.41) is 0. The molecule has 0 bridgehead atoms. The molecule has 2 aromatic carbocycles. The summed E-state index contributed by atoms with van der Waals surface area (Å²) in [5.41, 5.74) is 2.45. The molecule has 0 unspecified atom stereocenters. The van der Waals surface area contributed by atoms with Gasteiger partial charge in [-0.15, -0.1) is 0 Å². The maximum Gasteiger partial charge on any atom is 0.261 e. The van der Waals surface area contributed by atoms with Crippen molar-refractivity contribution < 1.29 is 17.9 Å². The lowest BCUT2D eigenvalue weighted by atomic mass is 10.1. The minimum absolute atomic E-state index is 0.162. The van der Waals surface area contributed by atoms with E-state index in [1.165, 1.54) is 0 Å². The lowest BCUT2D eigenvalue weighted by Gasteiger charge is -2.13. The van der Waals surface area contributed by atoms with E-state index in [4.69, 9.17) is 9.47 Å². The highest BCUT2D eigenvalue weighted by molar-refractivity contribution is 7.92. The zero-order valence-corrected chi connectivity index (χ0v) is 13.9. The highest BCUT2D eigenvalue weighted by atomic mass is 32.2. The predicted molar refractivity (Wildman–Crippen MR) is 88.5 cm³/mol. The summed E-state index contributed by atoms with van der Waals surface area (Å²) < 4.78 is 38.6. The second-order valence-corrected chi connectivity index (χ2v) is 7.21. The Morgan fingerprint density at radius 1 is 1.09 bits per heavy atom. The Bertz CT molecular complexity index is 813. The van der Waals surface area contributed by atoms with Gasteiger partial charge in [0, 0.05) is 6.07 Å². The van der Waals surface area contributed by atoms with Crippen LogP contribution in [0.15, 0.2) is 41.3 Å². The molecule has 0 amide bonds. The predicted octanol–water partition coefficient (Wildman–Crippen LogP) is 3.48. The maximum atomic E-state index is 12.6. The van der Waals surface area contributed by atoms with Crippen molar-refractivity contribution >= 4 is 15.7 Å². The van der Waals surface area contributed by atoms with Crippen LogP contribution in [0.3, 0.4) is 0 Å². The van der Waals surface area contributed by atoms with E-state index in [0.29, 0.717) is 17.2 Å². The van der Waals surface area contributed by atoms with Gasteiger partial charge in [0.05, 0.1) is 10.6 Å². The van der Waals surface area contributed by atoms with Crippen LogP contribution in [0.4, 0.5) is 5.69 Å². The summed E-state index contributed by atoms with van der Waals surface area (Å²) >= 11 is 0. The molecule has 0 radical (unpaired) electrons. The van der Waals surface area contributed by atoms with E-state index in [1.807, 2.05) is 19.9 Å². The van der Waals surface area contributed by atoms with Crippen LogP contribution in [0.1, 0.15) is 24.5 Å². The van der Waals surface area contributed by atoms with Crippen molar-refractivity contribution in [2.24, 2.45) is 0 Å². The molecule has 1 aliphatic heterocycles. The van der Waals surface area contributed by atoms with E-state index in [1.54, 1.807) is 30.3 Å². The van der Waals surface area contributed by atoms with Gasteiger partial charge in [0.2, 0.25) is 6.79 Å². The van der Waals surface area contributed by atoms with Crippen molar-refractivity contribution in [2.45, 2.75) is 31.6 Å². The molecule has 0 aliphatic carbocycles. The van der Waals surface area contributed by atoms with Gasteiger partial charge in [0.15, 0.2) is 11.5 Å². The number of rotatable bonds is 5. The molecule has 23 heavy (non-hydrogen) atoms. The number of hydrogen-bond donors (Lipinski definition) is 1. The third-order valence-electron chi connectivity index (χ3n) is 3.69. The van der Waals surface area contributed by atoms with Crippen LogP contribution < -0.4 is 14.2 Å². The van der Waals surface area contributed by atoms with E-state index in [0.717, 1.165) is 24.0 Å². The van der Waals surface area contributed by atoms with Crippen LogP contribution in [0.25, 0.3) is 0 Å². The van der Waals surface area contributed by atoms with Gasteiger partial charge in [0.25, 0.3) is 10.0 Å². The second kappa shape index (κ2) is 6.12. The van der Waals surface area contributed by atoms with Gasteiger partial charge in [-0.05, 0) is 37.1 Å². The van der Waals surface area contributed by atoms with Crippen molar-refractivity contribution in [1.29, 1.82) is 0 Å². The first-order valence-electron chi connectivity index (χ1n) is 7.51. The monoisotopic (exact) mass is 333 g/mol. The molecule has 122 valence electrons. The third-order valence-corrected chi connectivity index (χ3v) is 5.07. The topological polar surface area (TPSA) is 64.6 Å². The number of aryl methyl sites for hydroxylation is 2. The molecule has 1 heterocycles. The van der Waals surface area contributed by atoms with E-state index in [2.05, 4.69) is 4.72 Å². The molecule has 2 aromatic rings. The Kier molecular flexibility index (Phi) is 4.17. The Hall–Kier alpha value is -2.21. The lowest BCUT2D eigenvalue weighted by Crippen LogP contribution is -2.14. The molecule has 3 rings (SSSR count). The fraction of sp³-hybridized carbons (Fsp3) is 0.294. The number of sulfonamides is 1. The highest BCUT2D eigenvalue weighted by Gasteiger charge is 2.21. The van der Waals surface area contributed by atoms with E-state index < -0.39 is 10.0 Å². The van der Waals surface area contributed by atoms with Crippen molar-refractivity contribution in [3.8, 4) is 11.5 Å². The molecule has 0 aromatic heterocycles. The maximum absolute atomic E-state index is 12.6. The second-order valence-electron chi connectivity index (χ2n) is 5.53. The van der Waals surface area contributed by atoms with Crippen LogP contribution >= 0.6 is 0 Å². The average molecular weight is 333 g/mol. The molecule has 0 spiro atoms. The molecule has 0 fully saturated rings. The van der Waals surface area contributed by atoms with Crippen molar-refractivity contribution in [3.63, 3.8) is 0 Å². The Balaban J connectivity index is 1.96. The first-order valence-corrected chi connectivity index (χ1v) is 9.00. The minimum Gasteiger partial charge on any atom is -0.454 e. The van der Waals surface area contributed by atoms with Crippen LogP contribution in [0.5, 0.6) is 11.5 Å². The van der Waals surface area contributed by atoms with Gasteiger partial charge in [-0.2, -0.15) is 0 Å². The van der Waals surface area contributed by atoms with Crippen LogP contribution in [-0.2, 0) is 16.4 Å². The number of fused-ring (bicyclic) bond motifs is 1. The van der Waals surface area contributed by atoms with Gasteiger partial charge in [-0.3, -0.25) is 4.72 Å². The van der Waals surface area contributed by atoms with Gasteiger partial charge in [0.1, 0.15) is 0 Å². The van der Waals surface area contributed by atoms with Gasteiger partial charge >= 0.3 is 0 Å². The Morgan fingerprint density at radius 2 is 1.74 bits per heavy atom. The SMILES string of the molecule is CCCc1cc2c(cc1NS(=O)(=O)c1ccc(C)cc1)OCO2. The molecule has 0 saturated heterocycles.